The number of esters is 2. The van der Waals surface area contributed by atoms with Crippen LogP contribution in [0.5, 0.6) is 0 Å². The van der Waals surface area contributed by atoms with Crippen LogP contribution in [0.2, 0.25) is 0 Å². The van der Waals surface area contributed by atoms with Gasteiger partial charge in [0.25, 0.3) is 0 Å². The fourth-order valence-corrected chi connectivity index (χ4v) is 2.97. The van der Waals surface area contributed by atoms with Crippen LogP contribution in [-0.2, 0) is 20.9 Å². The van der Waals surface area contributed by atoms with Crippen LogP contribution >= 0.6 is 0 Å². The van der Waals surface area contributed by atoms with Gasteiger partial charge in [-0.15, -0.1) is 0 Å². The van der Waals surface area contributed by atoms with E-state index in [1.165, 1.54) is 26.4 Å². The van der Waals surface area contributed by atoms with Crippen LogP contribution < -0.4 is 0 Å². The summed E-state index contributed by atoms with van der Waals surface area (Å²) < 4.78 is 10.1. The summed E-state index contributed by atoms with van der Waals surface area (Å²) in [6, 6.07) is 6.93. The molecule has 1 fully saturated rings. The molecule has 0 saturated heterocycles. The van der Waals surface area contributed by atoms with Crippen molar-refractivity contribution in [1.29, 1.82) is 0 Å². The van der Waals surface area contributed by atoms with Crippen LogP contribution in [0.4, 0.5) is 0 Å². The normalized spacial score (nSPS) is 16.8. The summed E-state index contributed by atoms with van der Waals surface area (Å²) in [5.74, 6) is -0.0593. The Morgan fingerprint density at radius 2 is 1.77 bits per heavy atom. The molecule has 4 nitrogen and oxygen atoms in total. The molecule has 120 valence electrons. The predicted octanol–water partition coefficient (Wildman–Crippen LogP) is 3.73. The van der Waals surface area contributed by atoms with Crippen molar-refractivity contribution < 1.29 is 19.1 Å². The molecule has 1 atom stereocenters. The van der Waals surface area contributed by atoms with Gasteiger partial charge in [0.05, 0.1) is 18.6 Å². The second kappa shape index (κ2) is 7.97. The monoisotopic (exact) mass is 304 g/mol. The number of methoxy groups -OCH3 is 1. The molecule has 0 N–H and O–H groups in total. The first-order valence-electron chi connectivity index (χ1n) is 7.95. The molecule has 0 amide bonds. The van der Waals surface area contributed by atoms with Gasteiger partial charge in [0.1, 0.15) is 6.61 Å². The lowest BCUT2D eigenvalue weighted by molar-refractivity contribution is -0.151. The van der Waals surface area contributed by atoms with Gasteiger partial charge >= 0.3 is 11.9 Å². The Hall–Kier alpha value is -1.84. The smallest absolute Gasteiger partial charge is 0.337 e. The third kappa shape index (κ3) is 4.33. The predicted molar refractivity (Wildman–Crippen MR) is 83.3 cm³/mol. The van der Waals surface area contributed by atoms with Gasteiger partial charge in [0.2, 0.25) is 0 Å². The molecule has 0 radical (unpaired) electrons. The van der Waals surface area contributed by atoms with Crippen molar-refractivity contribution in [2.45, 2.75) is 45.6 Å². The first-order chi connectivity index (χ1) is 10.6. The van der Waals surface area contributed by atoms with E-state index in [0.717, 1.165) is 18.4 Å². The number of benzene rings is 1. The highest BCUT2D eigenvalue weighted by Gasteiger charge is 2.26. The molecule has 1 aliphatic rings. The van der Waals surface area contributed by atoms with E-state index in [1.807, 2.05) is 6.92 Å². The maximum atomic E-state index is 12.1. The van der Waals surface area contributed by atoms with E-state index in [9.17, 15) is 9.59 Å². The highest BCUT2D eigenvalue weighted by Crippen LogP contribution is 2.30. The zero-order valence-electron chi connectivity index (χ0n) is 13.3. The molecule has 22 heavy (non-hydrogen) atoms. The summed E-state index contributed by atoms with van der Waals surface area (Å²) in [6.07, 6.45) is 5.98. The number of carbonyl (C=O) groups is 2. The highest BCUT2D eigenvalue weighted by atomic mass is 16.5. The van der Waals surface area contributed by atoms with E-state index in [-0.39, 0.29) is 24.5 Å². The molecule has 0 bridgehead atoms. The van der Waals surface area contributed by atoms with Gasteiger partial charge in [-0.25, -0.2) is 4.79 Å². The molecular weight excluding hydrogens is 280 g/mol. The molecule has 1 unspecified atom stereocenters. The van der Waals surface area contributed by atoms with E-state index in [0.29, 0.717) is 11.5 Å². The minimum Gasteiger partial charge on any atom is -0.465 e. The zero-order valence-corrected chi connectivity index (χ0v) is 13.3. The van der Waals surface area contributed by atoms with Crippen LogP contribution in [0.1, 0.15) is 54.9 Å². The maximum absolute atomic E-state index is 12.1. The van der Waals surface area contributed by atoms with Gasteiger partial charge in [-0.2, -0.15) is 0 Å². The SMILES string of the molecule is COC(=O)c1ccc(COC(=O)C(C)C2CCCCC2)cc1. The molecule has 0 spiro atoms. The Labute approximate surface area is 131 Å². The quantitative estimate of drug-likeness (QED) is 0.778. The summed E-state index contributed by atoms with van der Waals surface area (Å²) in [7, 11) is 1.35. The lowest BCUT2D eigenvalue weighted by atomic mass is 9.81. The standard InChI is InChI=1S/C18H24O4/c1-13(15-6-4-3-5-7-15)17(19)22-12-14-8-10-16(11-9-14)18(20)21-2/h8-11,13,15H,3-7,12H2,1-2H3. The van der Waals surface area contributed by atoms with Gasteiger partial charge in [-0.3, -0.25) is 4.79 Å². The third-order valence-corrected chi connectivity index (χ3v) is 4.48. The van der Waals surface area contributed by atoms with Crippen LogP contribution in [0.3, 0.4) is 0 Å². The largest absolute Gasteiger partial charge is 0.465 e. The van der Waals surface area contributed by atoms with Crippen molar-refractivity contribution in [3.63, 3.8) is 0 Å². The summed E-state index contributed by atoms with van der Waals surface area (Å²) in [4.78, 5) is 23.5. The number of hydrogen-bond donors (Lipinski definition) is 0. The number of hydrogen-bond acceptors (Lipinski definition) is 4. The number of rotatable bonds is 5. The molecule has 2 rings (SSSR count). The lowest BCUT2D eigenvalue weighted by Crippen LogP contribution is -2.25. The minimum absolute atomic E-state index is 0.0327. The van der Waals surface area contributed by atoms with Crippen molar-refractivity contribution >= 4 is 11.9 Å². The zero-order chi connectivity index (χ0) is 15.9. The molecule has 0 aliphatic heterocycles. The molecule has 1 aromatic carbocycles. The van der Waals surface area contributed by atoms with Gasteiger partial charge in [0, 0.05) is 0 Å². The Morgan fingerprint density at radius 1 is 1.14 bits per heavy atom. The topological polar surface area (TPSA) is 52.6 Å². The van der Waals surface area contributed by atoms with Crippen LogP contribution in [0.15, 0.2) is 24.3 Å². The molecule has 1 saturated carbocycles. The second-order valence-corrected chi connectivity index (χ2v) is 5.98. The summed E-state index contributed by atoms with van der Waals surface area (Å²) in [5.41, 5.74) is 1.37. The second-order valence-electron chi connectivity index (χ2n) is 5.98. The average Bonchev–Trinajstić information content (AvgIpc) is 2.59. The van der Waals surface area contributed by atoms with E-state index in [4.69, 9.17) is 4.74 Å². The van der Waals surface area contributed by atoms with E-state index in [1.54, 1.807) is 24.3 Å². The van der Waals surface area contributed by atoms with Gasteiger partial charge in [-0.1, -0.05) is 38.3 Å². The minimum atomic E-state index is -0.366. The molecule has 0 aromatic heterocycles. The van der Waals surface area contributed by atoms with Crippen molar-refractivity contribution in [2.75, 3.05) is 7.11 Å². The van der Waals surface area contributed by atoms with Gasteiger partial charge in [-0.05, 0) is 36.5 Å². The highest BCUT2D eigenvalue weighted by molar-refractivity contribution is 5.89. The van der Waals surface area contributed by atoms with Crippen molar-refractivity contribution in [3.8, 4) is 0 Å². The Balaban J connectivity index is 1.83. The average molecular weight is 304 g/mol. The van der Waals surface area contributed by atoms with Gasteiger partial charge in [0.15, 0.2) is 0 Å². The maximum Gasteiger partial charge on any atom is 0.337 e. The fourth-order valence-electron chi connectivity index (χ4n) is 2.97. The van der Waals surface area contributed by atoms with Crippen molar-refractivity contribution in [2.24, 2.45) is 11.8 Å². The van der Waals surface area contributed by atoms with Gasteiger partial charge < -0.3 is 9.47 Å². The molecular formula is C18H24O4. The molecule has 0 heterocycles. The number of carbonyl (C=O) groups excluding carboxylic acids is 2. The van der Waals surface area contributed by atoms with Crippen LogP contribution in [0, 0.1) is 11.8 Å². The van der Waals surface area contributed by atoms with Crippen LogP contribution in [-0.4, -0.2) is 19.0 Å². The van der Waals surface area contributed by atoms with Crippen molar-refractivity contribution in [1.82, 2.24) is 0 Å². The Morgan fingerprint density at radius 3 is 2.36 bits per heavy atom. The van der Waals surface area contributed by atoms with E-state index < -0.39 is 0 Å². The summed E-state index contributed by atoms with van der Waals surface area (Å²) in [6.45, 7) is 2.22. The first-order valence-corrected chi connectivity index (χ1v) is 7.95. The number of ether oxygens (including phenoxy) is 2. The molecule has 4 heteroatoms. The Bertz CT molecular complexity index is 500. The summed E-state index contributed by atoms with van der Waals surface area (Å²) in [5, 5.41) is 0. The first kappa shape index (κ1) is 16.5. The molecule has 1 aliphatic carbocycles. The fraction of sp³-hybridized carbons (Fsp3) is 0.556. The Kier molecular flexibility index (Phi) is 5.99. The van der Waals surface area contributed by atoms with E-state index in [2.05, 4.69) is 4.74 Å². The third-order valence-electron chi connectivity index (χ3n) is 4.48. The summed E-state index contributed by atoms with van der Waals surface area (Å²) >= 11 is 0. The lowest BCUT2D eigenvalue weighted by Gasteiger charge is -2.26. The molecule has 1 aromatic rings. The van der Waals surface area contributed by atoms with Crippen molar-refractivity contribution in [3.05, 3.63) is 35.4 Å². The van der Waals surface area contributed by atoms with Crippen LogP contribution in [0.25, 0.3) is 0 Å². The van der Waals surface area contributed by atoms with E-state index >= 15 is 0 Å².